The summed E-state index contributed by atoms with van der Waals surface area (Å²) in [7, 11) is 0. The molecule has 0 amide bonds. The molecule has 0 radical (unpaired) electrons. The minimum absolute atomic E-state index is 0.260. The van der Waals surface area contributed by atoms with Gasteiger partial charge in [-0.3, -0.25) is 0 Å². The maximum absolute atomic E-state index is 13.8. The minimum Gasteiger partial charge on any atom is -0.484 e. The molecule has 0 aliphatic carbocycles. The van der Waals surface area contributed by atoms with Gasteiger partial charge in [-0.1, -0.05) is 56.7 Å². The molecular formula is C28H36F2O4. The molecule has 6 heteroatoms. The van der Waals surface area contributed by atoms with Crippen LogP contribution in [0.1, 0.15) is 57.8 Å². The summed E-state index contributed by atoms with van der Waals surface area (Å²) in [5.41, 5.74) is 0. The van der Waals surface area contributed by atoms with Gasteiger partial charge >= 0.3 is 0 Å². The molecule has 1 heterocycles. The fraction of sp³-hybridized carbons (Fsp3) is 0.500. The molecule has 4 nitrogen and oxygen atoms in total. The molecule has 2 aromatic carbocycles. The quantitative estimate of drug-likeness (QED) is 0.233. The van der Waals surface area contributed by atoms with Gasteiger partial charge in [0.15, 0.2) is 12.2 Å². The molecule has 186 valence electrons. The van der Waals surface area contributed by atoms with E-state index < -0.39 is 29.9 Å². The summed E-state index contributed by atoms with van der Waals surface area (Å²) < 4.78 is 45.8. The lowest BCUT2D eigenvalue weighted by Crippen LogP contribution is -2.43. The van der Waals surface area contributed by atoms with Gasteiger partial charge in [-0.25, -0.2) is 8.78 Å². The van der Waals surface area contributed by atoms with Gasteiger partial charge in [-0.2, -0.15) is 0 Å². The Balaban J connectivity index is 1.61. The molecule has 1 aliphatic heterocycles. The predicted molar refractivity (Wildman–Crippen MR) is 129 cm³/mol. The van der Waals surface area contributed by atoms with Gasteiger partial charge in [-0.15, -0.1) is 6.58 Å². The Bertz CT molecular complexity index is 875. The van der Waals surface area contributed by atoms with Gasteiger partial charge in [0, 0.05) is 12.1 Å². The third kappa shape index (κ3) is 8.10. The van der Waals surface area contributed by atoms with E-state index in [2.05, 4.69) is 6.58 Å². The zero-order valence-corrected chi connectivity index (χ0v) is 19.7. The minimum atomic E-state index is -0.662. The molecule has 0 spiro atoms. The number of rotatable bonds is 15. The highest BCUT2D eigenvalue weighted by atomic mass is 19.1. The van der Waals surface area contributed by atoms with Crippen LogP contribution < -0.4 is 9.47 Å². The van der Waals surface area contributed by atoms with Gasteiger partial charge in [0.2, 0.25) is 0 Å². The molecule has 0 unspecified atom stereocenters. The molecule has 1 saturated heterocycles. The summed E-state index contributed by atoms with van der Waals surface area (Å²) >= 11 is 0. The largest absolute Gasteiger partial charge is 0.484 e. The van der Waals surface area contributed by atoms with E-state index in [0.29, 0.717) is 11.5 Å². The molecule has 4 atom stereocenters. The zero-order valence-electron chi connectivity index (χ0n) is 19.7. The van der Waals surface area contributed by atoms with E-state index in [1.54, 1.807) is 24.3 Å². The summed E-state index contributed by atoms with van der Waals surface area (Å²) in [5.74, 6) is -0.121. The van der Waals surface area contributed by atoms with Crippen LogP contribution in [-0.2, 0) is 4.74 Å². The second-order valence-corrected chi connectivity index (χ2v) is 8.82. The molecule has 1 aliphatic rings. The van der Waals surface area contributed by atoms with Gasteiger partial charge < -0.3 is 19.3 Å². The Labute approximate surface area is 201 Å². The third-order valence-electron chi connectivity index (χ3n) is 6.12. The van der Waals surface area contributed by atoms with Crippen molar-refractivity contribution in [2.24, 2.45) is 0 Å². The Morgan fingerprint density at radius 1 is 0.794 bits per heavy atom. The van der Waals surface area contributed by atoms with Gasteiger partial charge in [0.05, 0.1) is 12.7 Å². The Kier molecular flexibility index (Phi) is 10.8. The number of hydrogen-bond donors (Lipinski definition) is 1. The van der Waals surface area contributed by atoms with Crippen LogP contribution in [0.3, 0.4) is 0 Å². The van der Waals surface area contributed by atoms with Crippen molar-refractivity contribution in [1.29, 1.82) is 0 Å². The number of aliphatic hydroxyl groups is 1. The standard InChI is InChI=1S/C28H36F2O4/c1-2-3-4-5-6-7-8-9-10-17-25-27(32-23-15-11-13-21(29)18-23)28(26(20-31)34-25)33-24-16-12-14-22(30)19-24/h2,11-16,18-19,25-28,31H,1,3-10,17,20H2/t25-,26-,27-,28-/m1/s1. The summed E-state index contributed by atoms with van der Waals surface area (Å²) in [6, 6.07) is 11.8. The topological polar surface area (TPSA) is 47.9 Å². The summed E-state index contributed by atoms with van der Waals surface area (Å²) in [6.07, 6.45) is 9.65. The van der Waals surface area contributed by atoms with Crippen molar-refractivity contribution in [2.45, 2.75) is 82.2 Å². The number of benzene rings is 2. The lowest BCUT2D eigenvalue weighted by molar-refractivity contribution is -0.0203. The number of ether oxygens (including phenoxy) is 3. The summed E-state index contributed by atoms with van der Waals surface area (Å²) in [6.45, 7) is 3.50. The third-order valence-corrected chi connectivity index (χ3v) is 6.12. The van der Waals surface area contributed by atoms with Gasteiger partial charge in [-0.05, 0) is 43.5 Å². The van der Waals surface area contributed by atoms with Crippen LogP contribution in [0.4, 0.5) is 8.78 Å². The zero-order chi connectivity index (χ0) is 24.2. The van der Waals surface area contributed by atoms with E-state index in [9.17, 15) is 13.9 Å². The van der Waals surface area contributed by atoms with Crippen molar-refractivity contribution in [3.05, 3.63) is 72.8 Å². The molecule has 0 aromatic heterocycles. The first-order valence-corrected chi connectivity index (χ1v) is 12.3. The van der Waals surface area contributed by atoms with E-state index in [1.165, 1.54) is 49.9 Å². The van der Waals surface area contributed by atoms with Crippen LogP contribution in [0.2, 0.25) is 0 Å². The van der Waals surface area contributed by atoms with Crippen molar-refractivity contribution < 1.29 is 28.1 Å². The first kappa shape index (κ1) is 26.2. The molecule has 3 rings (SSSR count). The number of halogens is 2. The van der Waals surface area contributed by atoms with Crippen LogP contribution in [0.5, 0.6) is 11.5 Å². The number of aliphatic hydroxyl groups excluding tert-OH is 1. The highest BCUT2D eigenvalue weighted by molar-refractivity contribution is 5.25. The predicted octanol–water partition coefficient (Wildman–Crippen LogP) is 6.62. The fourth-order valence-corrected chi connectivity index (χ4v) is 4.38. The highest BCUT2D eigenvalue weighted by Crippen LogP contribution is 2.32. The monoisotopic (exact) mass is 474 g/mol. The molecule has 0 bridgehead atoms. The fourth-order valence-electron chi connectivity index (χ4n) is 4.38. The maximum atomic E-state index is 13.8. The van der Waals surface area contributed by atoms with Gasteiger partial charge in [0.25, 0.3) is 0 Å². The number of hydrogen-bond acceptors (Lipinski definition) is 4. The highest BCUT2D eigenvalue weighted by Gasteiger charge is 2.47. The normalized spacial score (nSPS) is 22.0. The molecule has 1 fully saturated rings. The Hall–Kier alpha value is -2.44. The lowest BCUT2D eigenvalue weighted by Gasteiger charge is -2.26. The molecule has 34 heavy (non-hydrogen) atoms. The summed E-state index contributed by atoms with van der Waals surface area (Å²) in [4.78, 5) is 0. The molecule has 0 saturated carbocycles. The molecule has 1 N–H and O–H groups in total. The van der Waals surface area contributed by atoms with E-state index in [-0.39, 0.29) is 12.7 Å². The van der Waals surface area contributed by atoms with Crippen molar-refractivity contribution in [1.82, 2.24) is 0 Å². The van der Waals surface area contributed by atoms with Crippen LogP contribution >= 0.6 is 0 Å². The van der Waals surface area contributed by atoms with Gasteiger partial charge in [0.1, 0.15) is 29.2 Å². The SMILES string of the molecule is C=CCCCCCCCCC[C@H]1O[C@H](CO)[C@@H](Oc2cccc(F)c2)[C@@H]1Oc1cccc(F)c1. The van der Waals surface area contributed by atoms with Crippen molar-refractivity contribution in [3.8, 4) is 11.5 Å². The maximum Gasteiger partial charge on any atom is 0.166 e. The summed E-state index contributed by atoms with van der Waals surface area (Å²) in [5, 5.41) is 9.94. The Morgan fingerprint density at radius 2 is 1.32 bits per heavy atom. The van der Waals surface area contributed by atoms with E-state index in [0.717, 1.165) is 32.1 Å². The second kappa shape index (κ2) is 14.1. The Morgan fingerprint density at radius 3 is 1.85 bits per heavy atom. The molecular weight excluding hydrogens is 438 g/mol. The smallest absolute Gasteiger partial charge is 0.166 e. The number of unbranched alkanes of at least 4 members (excludes halogenated alkanes) is 7. The molecule has 2 aromatic rings. The lowest BCUT2D eigenvalue weighted by atomic mass is 10.0. The second-order valence-electron chi connectivity index (χ2n) is 8.82. The van der Waals surface area contributed by atoms with Crippen molar-refractivity contribution in [3.63, 3.8) is 0 Å². The first-order valence-electron chi connectivity index (χ1n) is 12.3. The van der Waals surface area contributed by atoms with Crippen LogP contribution in [0, 0.1) is 11.6 Å². The van der Waals surface area contributed by atoms with Crippen LogP contribution in [0.25, 0.3) is 0 Å². The van der Waals surface area contributed by atoms with Crippen LogP contribution in [-0.4, -0.2) is 36.1 Å². The van der Waals surface area contributed by atoms with E-state index >= 15 is 0 Å². The van der Waals surface area contributed by atoms with Crippen molar-refractivity contribution >= 4 is 0 Å². The number of allylic oxidation sites excluding steroid dienone is 1. The average Bonchev–Trinajstić information content (AvgIpc) is 3.14. The first-order chi connectivity index (χ1) is 16.6. The average molecular weight is 475 g/mol. The van der Waals surface area contributed by atoms with Crippen molar-refractivity contribution in [2.75, 3.05) is 6.61 Å². The van der Waals surface area contributed by atoms with Crippen LogP contribution in [0.15, 0.2) is 61.2 Å². The van der Waals surface area contributed by atoms with E-state index in [4.69, 9.17) is 14.2 Å². The van der Waals surface area contributed by atoms with E-state index in [1.807, 2.05) is 6.08 Å².